The van der Waals surface area contributed by atoms with Crippen molar-refractivity contribution in [1.82, 2.24) is 4.90 Å². The fourth-order valence-electron chi connectivity index (χ4n) is 5.61. The van der Waals surface area contributed by atoms with Crippen molar-refractivity contribution in [3.05, 3.63) is 71.8 Å². The lowest BCUT2D eigenvalue weighted by atomic mass is 10.0. The Labute approximate surface area is 249 Å². The number of amides is 2. The van der Waals surface area contributed by atoms with Crippen molar-refractivity contribution in [3.63, 3.8) is 0 Å². The van der Waals surface area contributed by atoms with E-state index < -0.39 is 6.09 Å². The predicted octanol–water partition coefficient (Wildman–Crippen LogP) is 5.99. The molecule has 0 atom stereocenters. The van der Waals surface area contributed by atoms with Crippen LogP contribution in [0.2, 0.25) is 0 Å². The maximum Gasteiger partial charge on any atom is 0.418 e. The Bertz CT molecular complexity index is 1510. The zero-order valence-electron chi connectivity index (χ0n) is 23.9. The van der Waals surface area contributed by atoms with E-state index >= 15 is 0 Å². The number of nitrogens with zero attached hydrogens (tertiary/aromatic N) is 4. The van der Waals surface area contributed by atoms with Gasteiger partial charge in [0, 0.05) is 67.6 Å². The maximum absolute atomic E-state index is 12.7. The molecule has 2 aliphatic rings. The SMILES string of the molecule is CN(C(=O)OCN1C(=O)CCc2ccc(OCCCCN3CCN(c4cccc5sccc45)CC3)cc21)c1ccco1. The van der Waals surface area contributed by atoms with Gasteiger partial charge >= 0.3 is 6.09 Å². The molecule has 0 unspecified atom stereocenters. The quantitative estimate of drug-likeness (QED) is 0.211. The number of benzene rings is 2. The molecule has 9 nitrogen and oxygen atoms in total. The molecule has 4 aromatic rings. The number of anilines is 3. The van der Waals surface area contributed by atoms with Crippen molar-refractivity contribution in [2.24, 2.45) is 0 Å². The van der Waals surface area contributed by atoms with Gasteiger partial charge in [-0.15, -0.1) is 11.3 Å². The van der Waals surface area contributed by atoms with E-state index in [0.29, 0.717) is 31.1 Å². The topological polar surface area (TPSA) is 78.7 Å². The Hall–Kier alpha value is -4.02. The molecule has 2 aromatic heterocycles. The van der Waals surface area contributed by atoms with Gasteiger partial charge in [0.25, 0.3) is 0 Å². The highest BCUT2D eigenvalue weighted by Gasteiger charge is 2.27. The summed E-state index contributed by atoms with van der Waals surface area (Å²) in [5.41, 5.74) is 3.12. The van der Waals surface area contributed by atoms with Gasteiger partial charge in [-0.25, -0.2) is 4.79 Å². The lowest BCUT2D eigenvalue weighted by Gasteiger charge is -2.36. The van der Waals surface area contributed by atoms with E-state index in [4.69, 9.17) is 13.9 Å². The Balaban J connectivity index is 0.951. The molecule has 1 saturated heterocycles. The van der Waals surface area contributed by atoms with Crippen LogP contribution in [0.3, 0.4) is 0 Å². The van der Waals surface area contributed by atoms with E-state index in [9.17, 15) is 9.59 Å². The Morgan fingerprint density at radius 2 is 1.88 bits per heavy atom. The van der Waals surface area contributed by atoms with Crippen LogP contribution in [0.25, 0.3) is 10.1 Å². The summed E-state index contributed by atoms with van der Waals surface area (Å²) in [7, 11) is 1.56. The number of furan rings is 1. The fourth-order valence-corrected chi connectivity index (χ4v) is 6.42. The average Bonchev–Trinajstić information content (AvgIpc) is 3.73. The lowest BCUT2D eigenvalue weighted by Crippen LogP contribution is -2.46. The molecule has 0 aliphatic carbocycles. The summed E-state index contributed by atoms with van der Waals surface area (Å²) in [4.78, 5) is 33.0. The molecule has 2 aromatic carbocycles. The molecule has 0 spiro atoms. The summed E-state index contributed by atoms with van der Waals surface area (Å²) in [6.07, 6.45) is 3.93. The number of ether oxygens (including phenoxy) is 2. The lowest BCUT2D eigenvalue weighted by molar-refractivity contribution is -0.119. The molecule has 0 saturated carbocycles. The summed E-state index contributed by atoms with van der Waals surface area (Å²) in [6, 6.07) is 18.0. The van der Waals surface area contributed by atoms with Gasteiger partial charge in [0.05, 0.1) is 18.6 Å². The van der Waals surface area contributed by atoms with E-state index in [1.54, 1.807) is 30.5 Å². The molecule has 2 aliphatic heterocycles. The number of fused-ring (bicyclic) bond motifs is 2. The normalized spacial score (nSPS) is 15.6. The molecule has 10 heteroatoms. The third-order valence-electron chi connectivity index (χ3n) is 8.01. The number of carbonyl (C=O) groups excluding carboxylic acids is 2. The second-order valence-corrected chi connectivity index (χ2v) is 11.6. The number of hydrogen-bond acceptors (Lipinski definition) is 8. The largest absolute Gasteiger partial charge is 0.494 e. The fraction of sp³-hybridized carbons (Fsp3) is 0.375. The molecule has 4 heterocycles. The Morgan fingerprint density at radius 1 is 1.00 bits per heavy atom. The second-order valence-electron chi connectivity index (χ2n) is 10.7. The zero-order chi connectivity index (χ0) is 28.9. The summed E-state index contributed by atoms with van der Waals surface area (Å²) in [5, 5.41) is 3.54. The summed E-state index contributed by atoms with van der Waals surface area (Å²) >= 11 is 1.80. The monoisotopic (exact) mass is 588 g/mol. The molecule has 2 amide bonds. The van der Waals surface area contributed by atoms with Gasteiger partial charge in [0.1, 0.15) is 5.75 Å². The van der Waals surface area contributed by atoms with Crippen LogP contribution in [0.5, 0.6) is 5.75 Å². The van der Waals surface area contributed by atoms with Crippen LogP contribution in [0.15, 0.2) is 70.7 Å². The third-order valence-corrected chi connectivity index (χ3v) is 8.89. The van der Waals surface area contributed by atoms with Gasteiger partial charge < -0.3 is 18.8 Å². The molecule has 0 N–H and O–H groups in total. The van der Waals surface area contributed by atoms with Gasteiger partial charge in [-0.05, 0) is 67.1 Å². The standard InChI is InChI=1S/C32H36N4O5S/c1-33(31-8-5-20-40-31)32(38)41-23-36-28-22-25(11-9-24(28)10-12-30(36)37)39-19-3-2-14-34-15-17-35(18-16-34)27-6-4-7-29-26(27)13-21-42-29/h4-9,11,13,20-22H,2-3,10,12,14-19,23H2,1H3. The highest BCUT2D eigenvalue weighted by atomic mass is 32.1. The van der Waals surface area contributed by atoms with E-state index in [1.165, 1.54) is 31.8 Å². The molecule has 42 heavy (non-hydrogen) atoms. The molecule has 1 fully saturated rings. The zero-order valence-corrected chi connectivity index (χ0v) is 24.7. The second kappa shape index (κ2) is 12.9. The van der Waals surface area contributed by atoms with Crippen molar-refractivity contribution in [2.75, 3.05) is 67.8 Å². The predicted molar refractivity (Wildman–Crippen MR) is 166 cm³/mol. The minimum atomic E-state index is -0.599. The van der Waals surface area contributed by atoms with Crippen LogP contribution in [0.4, 0.5) is 22.1 Å². The van der Waals surface area contributed by atoms with Crippen molar-refractivity contribution < 1.29 is 23.5 Å². The van der Waals surface area contributed by atoms with Crippen LogP contribution < -0.4 is 19.4 Å². The van der Waals surface area contributed by atoms with Crippen LogP contribution in [0, 0.1) is 0 Å². The third kappa shape index (κ3) is 6.24. The number of piperazine rings is 1. The van der Waals surface area contributed by atoms with Crippen LogP contribution in [-0.2, 0) is 16.0 Å². The Kier molecular flexibility index (Phi) is 8.62. The maximum atomic E-state index is 12.7. The van der Waals surface area contributed by atoms with E-state index in [1.807, 2.05) is 18.2 Å². The van der Waals surface area contributed by atoms with E-state index in [2.05, 4.69) is 39.4 Å². The first-order valence-electron chi connectivity index (χ1n) is 14.5. The molecular formula is C32H36N4O5S. The number of thiophene rings is 1. The smallest absolute Gasteiger partial charge is 0.418 e. The summed E-state index contributed by atoms with van der Waals surface area (Å²) in [6.45, 7) is 5.72. The minimum absolute atomic E-state index is 0.0831. The van der Waals surface area contributed by atoms with Crippen LogP contribution >= 0.6 is 11.3 Å². The number of hydrogen-bond donors (Lipinski definition) is 0. The summed E-state index contributed by atoms with van der Waals surface area (Å²) in [5.74, 6) is 0.999. The molecule has 220 valence electrons. The highest BCUT2D eigenvalue weighted by Crippen LogP contribution is 2.33. The molecule has 6 rings (SSSR count). The molecule has 0 radical (unpaired) electrons. The number of aryl methyl sites for hydroxylation is 1. The van der Waals surface area contributed by atoms with Crippen LogP contribution in [0.1, 0.15) is 24.8 Å². The number of carbonyl (C=O) groups is 2. The van der Waals surface area contributed by atoms with Gasteiger partial charge in [0.2, 0.25) is 11.8 Å². The van der Waals surface area contributed by atoms with Gasteiger partial charge in [0.15, 0.2) is 6.73 Å². The van der Waals surface area contributed by atoms with Crippen molar-refractivity contribution in [3.8, 4) is 5.75 Å². The van der Waals surface area contributed by atoms with E-state index in [-0.39, 0.29) is 12.6 Å². The minimum Gasteiger partial charge on any atom is -0.494 e. The molecule has 0 bridgehead atoms. The first-order chi connectivity index (χ1) is 20.6. The number of rotatable bonds is 10. The van der Waals surface area contributed by atoms with Crippen molar-refractivity contribution in [2.45, 2.75) is 25.7 Å². The van der Waals surface area contributed by atoms with Crippen molar-refractivity contribution in [1.29, 1.82) is 0 Å². The highest BCUT2D eigenvalue weighted by molar-refractivity contribution is 7.17. The van der Waals surface area contributed by atoms with Gasteiger partial charge in [-0.1, -0.05) is 12.1 Å². The molecular weight excluding hydrogens is 552 g/mol. The van der Waals surface area contributed by atoms with Gasteiger partial charge in [-0.2, -0.15) is 0 Å². The first-order valence-corrected chi connectivity index (χ1v) is 15.4. The van der Waals surface area contributed by atoms with Gasteiger partial charge in [-0.3, -0.25) is 19.5 Å². The number of unbranched alkanes of at least 4 members (excludes halogenated alkanes) is 1. The average molecular weight is 589 g/mol. The first kappa shape index (κ1) is 28.1. The van der Waals surface area contributed by atoms with Crippen molar-refractivity contribution >= 4 is 50.7 Å². The van der Waals surface area contributed by atoms with Crippen LogP contribution in [-0.4, -0.2) is 70.0 Å². The summed E-state index contributed by atoms with van der Waals surface area (Å²) < 4.78 is 18.1. The Morgan fingerprint density at radius 3 is 2.71 bits per heavy atom. The van der Waals surface area contributed by atoms with E-state index in [0.717, 1.165) is 56.8 Å².